The first-order valence-electron chi connectivity index (χ1n) is 5.44. The van der Waals surface area contributed by atoms with Gasteiger partial charge in [-0.25, -0.2) is 4.79 Å². The summed E-state index contributed by atoms with van der Waals surface area (Å²) in [4.78, 5) is 21.5. The smallest absolute Gasteiger partial charge is 0.338 e. The van der Waals surface area contributed by atoms with Gasteiger partial charge in [0.25, 0.3) is 5.69 Å². The zero-order valence-electron chi connectivity index (χ0n) is 10.9. The van der Waals surface area contributed by atoms with E-state index in [1.165, 1.54) is 31.0 Å². The molecule has 18 heavy (non-hydrogen) atoms. The first-order chi connectivity index (χ1) is 8.60. The van der Waals surface area contributed by atoms with Crippen LogP contribution in [-0.4, -0.2) is 24.3 Å². The molecule has 1 rings (SSSR count). The third-order valence-corrected chi connectivity index (χ3v) is 2.61. The first-order valence-corrected chi connectivity index (χ1v) is 6.84. The molecular formula is C12H17NO4S. The van der Waals surface area contributed by atoms with Gasteiger partial charge in [0.15, 0.2) is 0 Å². The van der Waals surface area contributed by atoms with E-state index in [-0.39, 0.29) is 11.3 Å². The molecule has 0 aliphatic rings. The SMILES string of the molecule is CC.COC(=O)c1cc([N+](=O)[O-])ccc1CSC. The number of hydrogen-bond donors (Lipinski definition) is 0. The van der Waals surface area contributed by atoms with E-state index in [1.807, 2.05) is 20.1 Å². The van der Waals surface area contributed by atoms with Crippen LogP contribution in [0.4, 0.5) is 5.69 Å². The van der Waals surface area contributed by atoms with Crippen LogP contribution in [0, 0.1) is 10.1 Å². The van der Waals surface area contributed by atoms with E-state index in [0.717, 1.165) is 5.56 Å². The number of nitro benzene ring substituents is 1. The van der Waals surface area contributed by atoms with Crippen LogP contribution < -0.4 is 0 Å². The van der Waals surface area contributed by atoms with Crippen LogP contribution in [0.5, 0.6) is 0 Å². The highest BCUT2D eigenvalue weighted by Crippen LogP contribution is 2.21. The molecule has 0 fully saturated rings. The third-order valence-electron chi connectivity index (χ3n) is 2.01. The normalized spacial score (nSPS) is 9.11. The largest absolute Gasteiger partial charge is 0.465 e. The molecule has 0 heterocycles. The molecule has 1 aromatic rings. The molecule has 0 spiro atoms. The maximum Gasteiger partial charge on any atom is 0.338 e. The van der Waals surface area contributed by atoms with Crippen molar-refractivity contribution in [3.05, 3.63) is 39.4 Å². The topological polar surface area (TPSA) is 69.4 Å². The first kappa shape index (κ1) is 16.4. The molecule has 0 aliphatic heterocycles. The number of esters is 1. The Kier molecular flexibility index (Phi) is 7.78. The number of methoxy groups -OCH3 is 1. The second kappa shape index (κ2) is 8.52. The Labute approximate surface area is 111 Å². The van der Waals surface area contributed by atoms with Crippen LogP contribution in [0.1, 0.15) is 29.8 Å². The van der Waals surface area contributed by atoms with Crippen molar-refractivity contribution in [1.29, 1.82) is 0 Å². The lowest BCUT2D eigenvalue weighted by molar-refractivity contribution is -0.384. The van der Waals surface area contributed by atoms with Crippen molar-refractivity contribution in [2.45, 2.75) is 19.6 Å². The lowest BCUT2D eigenvalue weighted by Gasteiger charge is -2.06. The quantitative estimate of drug-likeness (QED) is 0.477. The fourth-order valence-corrected chi connectivity index (χ4v) is 1.82. The fourth-order valence-electron chi connectivity index (χ4n) is 1.26. The molecule has 1 aromatic carbocycles. The van der Waals surface area contributed by atoms with E-state index in [1.54, 1.807) is 6.07 Å². The van der Waals surface area contributed by atoms with Gasteiger partial charge in [0.1, 0.15) is 0 Å². The molecule has 100 valence electrons. The summed E-state index contributed by atoms with van der Waals surface area (Å²) in [5, 5.41) is 10.6. The molecule has 6 heteroatoms. The average Bonchev–Trinajstić information content (AvgIpc) is 2.40. The van der Waals surface area contributed by atoms with Crippen molar-refractivity contribution in [3.63, 3.8) is 0 Å². The van der Waals surface area contributed by atoms with E-state index in [9.17, 15) is 14.9 Å². The van der Waals surface area contributed by atoms with Crippen molar-refractivity contribution in [2.75, 3.05) is 13.4 Å². The number of non-ortho nitro benzene ring substituents is 1. The summed E-state index contributed by atoms with van der Waals surface area (Å²) in [6.07, 6.45) is 1.89. The summed E-state index contributed by atoms with van der Waals surface area (Å²) in [5.41, 5.74) is 0.890. The van der Waals surface area contributed by atoms with Gasteiger partial charge in [-0.15, -0.1) is 0 Å². The van der Waals surface area contributed by atoms with Gasteiger partial charge in [-0.2, -0.15) is 11.8 Å². The number of hydrogen-bond acceptors (Lipinski definition) is 5. The summed E-state index contributed by atoms with van der Waals surface area (Å²) in [7, 11) is 1.25. The predicted octanol–water partition coefficient (Wildman–Crippen LogP) is 3.27. The van der Waals surface area contributed by atoms with E-state index in [4.69, 9.17) is 0 Å². The predicted molar refractivity (Wildman–Crippen MR) is 73.0 cm³/mol. The molecule has 0 unspecified atom stereocenters. The highest BCUT2D eigenvalue weighted by atomic mass is 32.2. The summed E-state index contributed by atoms with van der Waals surface area (Å²) in [5.74, 6) is 0.0651. The molecule has 0 atom stereocenters. The molecule has 0 saturated heterocycles. The molecule has 5 nitrogen and oxygen atoms in total. The second-order valence-corrected chi connectivity index (χ2v) is 3.89. The lowest BCUT2D eigenvalue weighted by atomic mass is 10.1. The second-order valence-electron chi connectivity index (χ2n) is 3.02. The number of ether oxygens (including phenoxy) is 1. The van der Waals surface area contributed by atoms with Gasteiger partial charge in [-0.3, -0.25) is 10.1 Å². The van der Waals surface area contributed by atoms with Crippen molar-refractivity contribution in [1.82, 2.24) is 0 Å². The Morgan fingerprint density at radius 3 is 2.50 bits per heavy atom. The Morgan fingerprint density at radius 1 is 1.44 bits per heavy atom. The molecule has 0 aliphatic carbocycles. The standard InChI is InChI=1S/C10H11NO4S.C2H6/c1-15-10(12)9-5-8(11(13)14)4-3-7(9)6-16-2;1-2/h3-5H,6H2,1-2H3;1-2H3. The molecule has 0 amide bonds. The van der Waals surface area contributed by atoms with Crippen molar-refractivity contribution >= 4 is 23.4 Å². The zero-order chi connectivity index (χ0) is 14.1. The number of benzene rings is 1. The number of nitro groups is 1. The Hall–Kier alpha value is -1.56. The summed E-state index contributed by atoms with van der Waals surface area (Å²) >= 11 is 1.53. The van der Waals surface area contributed by atoms with E-state index < -0.39 is 10.9 Å². The van der Waals surface area contributed by atoms with Crippen LogP contribution in [-0.2, 0) is 10.5 Å². The van der Waals surface area contributed by atoms with Crippen molar-refractivity contribution in [2.24, 2.45) is 0 Å². The number of rotatable bonds is 4. The fraction of sp³-hybridized carbons (Fsp3) is 0.417. The molecule has 0 radical (unpaired) electrons. The molecule has 0 saturated carbocycles. The number of thioether (sulfide) groups is 1. The summed E-state index contributed by atoms with van der Waals surface area (Å²) in [6, 6.07) is 4.22. The van der Waals surface area contributed by atoms with Crippen LogP contribution in [0.15, 0.2) is 18.2 Å². The lowest BCUT2D eigenvalue weighted by Crippen LogP contribution is -2.06. The maximum atomic E-state index is 11.4. The van der Waals surface area contributed by atoms with Gasteiger partial charge in [0.05, 0.1) is 17.6 Å². The Morgan fingerprint density at radius 2 is 2.06 bits per heavy atom. The molecule has 0 N–H and O–H groups in total. The van der Waals surface area contributed by atoms with E-state index >= 15 is 0 Å². The van der Waals surface area contributed by atoms with Crippen molar-refractivity contribution in [3.8, 4) is 0 Å². The van der Waals surface area contributed by atoms with Gasteiger partial charge in [-0.1, -0.05) is 19.9 Å². The van der Waals surface area contributed by atoms with Gasteiger partial charge in [0.2, 0.25) is 0 Å². The summed E-state index contributed by atoms with van der Waals surface area (Å²) in [6.45, 7) is 4.00. The van der Waals surface area contributed by atoms with E-state index in [0.29, 0.717) is 5.75 Å². The van der Waals surface area contributed by atoms with Gasteiger partial charge in [0, 0.05) is 17.9 Å². The zero-order valence-corrected chi connectivity index (χ0v) is 11.7. The minimum absolute atomic E-state index is 0.106. The highest BCUT2D eigenvalue weighted by molar-refractivity contribution is 7.97. The Balaban J connectivity index is 0.00000137. The van der Waals surface area contributed by atoms with Gasteiger partial charge < -0.3 is 4.74 Å². The maximum absolute atomic E-state index is 11.4. The highest BCUT2D eigenvalue weighted by Gasteiger charge is 2.16. The van der Waals surface area contributed by atoms with Crippen LogP contribution in [0.2, 0.25) is 0 Å². The minimum Gasteiger partial charge on any atom is -0.465 e. The molecular weight excluding hydrogens is 254 g/mol. The summed E-state index contributed by atoms with van der Waals surface area (Å²) < 4.78 is 4.59. The number of carbonyl (C=O) groups is 1. The molecule has 0 aromatic heterocycles. The van der Waals surface area contributed by atoms with Crippen molar-refractivity contribution < 1.29 is 14.5 Å². The number of nitrogens with zero attached hydrogens (tertiary/aromatic N) is 1. The van der Waals surface area contributed by atoms with Crippen LogP contribution >= 0.6 is 11.8 Å². The number of carbonyl (C=O) groups excluding carboxylic acids is 1. The van der Waals surface area contributed by atoms with Gasteiger partial charge >= 0.3 is 5.97 Å². The van der Waals surface area contributed by atoms with Crippen LogP contribution in [0.25, 0.3) is 0 Å². The average molecular weight is 271 g/mol. The molecule has 0 bridgehead atoms. The van der Waals surface area contributed by atoms with Gasteiger partial charge in [-0.05, 0) is 11.8 Å². The van der Waals surface area contributed by atoms with E-state index in [2.05, 4.69) is 4.74 Å². The minimum atomic E-state index is -0.548. The third kappa shape index (κ3) is 4.37. The Bertz CT molecular complexity index is 421. The van der Waals surface area contributed by atoms with Crippen LogP contribution in [0.3, 0.4) is 0 Å². The monoisotopic (exact) mass is 271 g/mol.